The summed E-state index contributed by atoms with van der Waals surface area (Å²) in [6.07, 6.45) is 1.51. The van der Waals surface area contributed by atoms with Gasteiger partial charge in [0.1, 0.15) is 5.82 Å². The largest absolute Gasteiger partial charge is 0.480 e. The van der Waals surface area contributed by atoms with E-state index in [4.69, 9.17) is 16.3 Å². The Bertz CT molecular complexity index is 582. The summed E-state index contributed by atoms with van der Waals surface area (Å²) in [4.78, 5) is 8.05. The Balaban J connectivity index is 2.31. The lowest BCUT2D eigenvalue weighted by Gasteiger charge is -2.08. The number of methoxy groups -OCH3 is 1. The van der Waals surface area contributed by atoms with Crippen molar-refractivity contribution in [1.29, 1.82) is 0 Å². The van der Waals surface area contributed by atoms with Crippen molar-refractivity contribution < 1.29 is 9.13 Å². The topological polar surface area (TPSA) is 47.0 Å². The van der Waals surface area contributed by atoms with Crippen molar-refractivity contribution in [2.24, 2.45) is 0 Å². The molecule has 1 heterocycles. The van der Waals surface area contributed by atoms with E-state index in [9.17, 15) is 4.39 Å². The molecule has 0 saturated heterocycles. The number of aromatic nitrogens is 2. The Morgan fingerprint density at radius 1 is 1.44 bits per heavy atom. The van der Waals surface area contributed by atoms with E-state index in [1.807, 2.05) is 0 Å². The third-order valence-corrected chi connectivity index (χ3v) is 2.86. The van der Waals surface area contributed by atoms with Crippen LogP contribution in [-0.2, 0) is 0 Å². The van der Waals surface area contributed by atoms with Crippen LogP contribution in [0, 0.1) is 5.82 Å². The van der Waals surface area contributed by atoms with Gasteiger partial charge in [0.2, 0.25) is 11.8 Å². The number of ether oxygens (including phenoxy) is 1. The van der Waals surface area contributed by atoms with Crippen LogP contribution in [0.1, 0.15) is 0 Å². The fourth-order valence-corrected chi connectivity index (χ4v) is 1.79. The SMILES string of the molecule is COc1nc(Nc2cc(Cl)ccc2F)ncc1Br. The van der Waals surface area contributed by atoms with Crippen molar-refractivity contribution >= 4 is 39.2 Å². The molecule has 0 saturated carbocycles. The Morgan fingerprint density at radius 3 is 2.94 bits per heavy atom. The second kappa shape index (κ2) is 5.49. The number of hydrogen-bond acceptors (Lipinski definition) is 4. The highest BCUT2D eigenvalue weighted by atomic mass is 79.9. The monoisotopic (exact) mass is 331 g/mol. The molecule has 0 bridgehead atoms. The first-order chi connectivity index (χ1) is 8.60. The fourth-order valence-electron chi connectivity index (χ4n) is 1.27. The molecule has 0 spiro atoms. The van der Waals surface area contributed by atoms with Crippen molar-refractivity contribution in [2.75, 3.05) is 12.4 Å². The first-order valence-corrected chi connectivity index (χ1v) is 6.06. The molecule has 0 unspecified atom stereocenters. The number of rotatable bonds is 3. The van der Waals surface area contributed by atoms with Crippen LogP contribution in [0.3, 0.4) is 0 Å². The molecule has 0 aliphatic carbocycles. The van der Waals surface area contributed by atoms with Gasteiger partial charge in [0, 0.05) is 5.02 Å². The quantitative estimate of drug-likeness (QED) is 0.929. The van der Waals surface area contributed by atoms with Crippen molar-refractivity contribution in [3.63, 3.8) is 0 Å². The molecule has 1 aromatic heterocycles. The minimum atomic E-state index is -0.440. The third kappa shape index (κ3) is 2.88. The molecule has 1 N–H and O–H groups in total. The van der Waals surface area contributed by atoms with E-state index in [2.05, 4.69) is 31.2 Å². The molecule has 2 aromatic rings. The summed E-state index contributed by atoms with van der Waals surface area (Å²) in [5, 5.41) is 3.15. The molecule has 0 aliphatic heterocycles. The lowest BCUT2D eigenvalue weighted by atomic mass is 10.3. The minimum Gasteiger partial charge on any atom is -0.480 e. The molecule has 18 heavy (non-hydrogen) atoms. The zero-order chi connectivity index (χ0) is 13.1. The molecule has 94 valence electrons. The van der Waals surface area contributed by atoms with Crippen LogP contribution in [-0.4, -0.2) is 17.1 Å². The van der Waals surface area contributed by atoms with Crippen LogP contribution in [0.4, 0.5) is 16.0 Å². The number of nitrogens with zero attached hydrogens (tertiary/aromatic N) is 2. The molecular formula is C11H8BrClFN3O. The van der Waals surface area contributed by atoms with Crippen molar-refractivity contribution in [3.8, 4) is 5.88 Å². The zero-order valence-electron chi connectivity index (χ0n) is 9.25. The maximum atomic E-state index is 13.5. The van der Waals surface area contributed by atoms with Gasteiger partial charge in [-0.05, 0) is 34.1 Å². The van der Waals surface area contributed by atoms with E-state index >= 15 is 0 Å². The summed E-state index contributed by atoms with van der Waals surface area (Å²) >= 11 is 9.02. The van der Waals surface area contributed by atoms with Crippen molar-refractivity contribution in [1.82, 2.24) is 9.97 Å². The van der Waals surface area contributed by atoms with Crippen molar-refractivity contribution in [2.45, 2.75) is 0 Å². The van der Waals surface area contributed by atoms with Gasteiger partial charge in [0.05, 0.1) is 23.5 Å². The molecule has 0 fully saturated rings. The molecule has 0 amide bonds. The molecule has 0 aliphatic rings. The number of benzene rings is 1. The zero-order valence-corrected chi connectivity index (χ0v) is 11.6. The Kier molecular flexibility index (Phi) is 3.98. The average molecular weight is 333 g/mol. The van der Waals surface area contributed by atoms with E-state index in [0.29, 0.717) is 15.4 Å². The maximum absolute atomic E-state index is 13.5. The van der Waals surface area contributed by atoms with Crippen LogP contribution in [0.5, 0.6) is 5.88 Å². The normalized spacial score (nSPS) is 10.2. The first-order valence-electron chi connectivity index (χ1n) is 4.89. The molecule has 2 rings (SSSR count). The smallest absolute Gasteiger partial charge is 0.232 e. The summed E-state index contributed by atoms with van der Waals surface area (Å²) in [7, 11) is 1.48. The van der Waals surface area contributed by atoms with Crippen LogP contribution >= 0.6 is 27.5 Å². The summed E-state index contributed by atoms with van der Waals surface area (Å²) in [5.41, 5.74) is 0.201. The second-order valence-electron chi connectivity index (χ2n) is 3.30. The van der Waals surface area contributed by atoms with Gasteiger partial charge in [-0.15, -0.1) is 0 Å². The summed E-state index contributed by atoms with van der Waals surface area (Å²) in [5.74, 6) is 0.135. The maximum Gasteiger partial charge on any atom is 0.232 e. The van der Waals surface area contributed by atoms with Gasteiger partial charge < -0.3 is 10.1 Å². The van der Waals surface area contributed by atoms with Crippen LogP contribution in [0.15, 0.2) is 28.9 Å². The predicted molar refractivity (Wildman–Crippen MR) is 71.0 cm³/mol. The van der Waals surface area contributed by atoms with E-state index in [0.717, 1.165) is 0 Å². The number of halogens is 3. The first kappa shape index (κ1) is 13.0. The van der Waals surface area contributed by atoms with Gasteiger partial charge in [-0.1, -0.05) is 11.6 Å². The average Bonchev–Trinajstić information content (AvgIpc) is 2.36. The standard InChI is InChI=1S/C11H8BrClFN3O/c1-18-10-7(12)5-15-11(17-10)16-9-4-6(13)2-3-8(9)14/h2-5H,1H3,(H,15,16,17). The lowest BCUT2D eigenvalue weighted by Crippen LogP contribution is -2.00. The Morgan fingerprint density at radius 2 is 2.22 bits per heavy atom. The van der Waals surface area contributed by atoms with E-state index in [-0.39, 0.29) is 11.6 Å². The summed E-state index contributed by atoms with van der Waals surface area (Å²) in [6.45, 7) is 0. The minimum absolute atomic E-state index is 0.201. The fraction of sp³-hybridized carbons (Fsp3) is 0.0909. The van der Waals surface area contributed by atoms with E-state index < -0.39 is 5.82 Å². The molecule has 1 aromatic carbocycles. The highest BCUT2D eigenvalue weighted by Gasteiger charge is 2.08. The van der Waals surface area contributed by atoms with Crippen molar-refractivity contribution in [3.05, 3.63) is 39.7 Å². The number of nitrogens with one attached hydrogen (secondary N) is 1. The Hall–Kier alpha value is -1.40. The number of anilines is 2. The van der Waals surface area contributed by atoms with Crippen LogP contribution < -0.4 is 10.1 Å². The van der Waals surface area contributed by atoms with E-state index in [1.54, 1.807) is 0 Å². The molecular weight excluding hydrogens is 324 g/mol. The second-order valence-corrected chi connectivity index (χ2v) is 4.59. The summed E-state index contributed by atoms with van der Waals surface area (Å²) in [6, 6.07) is 4.18. The number of hydrogen-bond donors (Lipinski definition) is 1. The van der Waals surface area contributed by atoms with Gasteiger partial charge >= 0.3 is 0 Å². The molecule has 4 nitrogen and oxygen atoms in total. The van der Waals surface area contributed by atoms with Gasteiger partial charge in [-0.25, -0.2) is 9.37 Å². The third-order valence-electron chi connectivity index (χ3n) is 2.08. The van der Waals surface area contributed by atoms with E-state index in [1.165, 1.54) is 31.5 Å². The highest BCUT2D eigenvalue weighted by Crippen LogP contribution is 2.25. The molecule has 0 radical (unpaired) electrons. The predicted octanol–water partition coefficient (Wildman–Crippen LogP) is 3.78. The van der Waals surface area contributed by atoms with Gasteiger partial charge in [0.25, 0.3) is 0 Å². The van der Waals surface area contributed by atoms with Crippen LogP contribution in [0.2, 0.25) is 5.02 Å². The summed E-state index contributed by atoms with van der Waals surface area (Å²) < 4.78 is 19.1. The molecule has 0 atom stereocenters. The van der Waals surface area contributed by atoms with Gasteiger partial charge in [0.15, 0.2) is 0 Å². The lowest BCUT2D eigenvalue weighted by molar-refractivity contribution is 0.394. The van der Waals surface area contributed by atoms with Crippen LogP contribution in [0.25, 0.3) is 0 Å². The Labute approximate surface area is 116 Å². The highest BCUT2D eigenvalue weighted by molar-refractivity contribution is 9.10. The van der Waals surface area contributed by atoms with Gasteiger partial charge in [-0.2, -0.15) is 4.98 Å². The molecule has 7 heteroatoms. The van der Waals surface area contributed by atoms with Gasteiger partial charge in [-0.3, -0.25) is 0 Å².